The zero-order chi connectivity index (χ0) is 15.9. The Morgan fingerprint density at radius 3 is 2.68 bits per heavy atom. The monoisotopic (exact) mass is 340 g/mol. The minimum Gasteiger partial charge on any atom is -0.488 e. The number of aromatic nitrogens is 1. The maximum atomic E-state index is 13.2. The summed E-state index contributed by atoms with van der Waals surface area (Å²) < 4.78 is 18.8. The number of pyridine rings is 1. The van der Waals surface area contributed by atoms with E-state index < -0.39 is 17.8 Å². The van der Waals surface area contributed by atoms with Crippen LogP contribution in [-0.2, 0) is 0 Å². The summed E-state index contributed by atoms with van der Waals surface area (Å²) >= 11 is 12.0. The van der Waals surface area contributed by atoms with Crippen molar-refractivity contribution in [1.82, 2.24) is 10.3 Å². The van der Waals surface area contributed by atoms with Crippen LogP contribution in [0, 0.1) is 5.82 Å². The molecule has 0 saturated heterocycles. The number of hydrogen-bond donors (Lipinski definition) is 1. The zero-order valence-electron chi connectivity index (χ0n) is 11.4. The highest BCUT2D eigenvalue weighted by Gasteiger charge is 2.33. The van der Waals surface area contributed by atoms with Crippen molar-refractivity contribution >= 4 is 29.1 Å². The SMILES string of the molecule is C[C@@H]1Oc2cc(F)ccc2[C@H]1NC(=O)c1c(Cl)cncc1Cl. The van der Waals surface area contributed by atoms with E-state index in [1.165, 1.54) is 24.5 Å². The number of nitrogens with one attached hydrogen (secondary N) is 1. The average Bonchev–Trinajstić information content (AvgIpc) is 2.74. The van der Waals surface area contributed by atoms with Crippen molar-refractivity contribution < 1.29 is 13.9 Å². The van der Waals surface area contributed by atoms with E-state index in [0.29, 0.717) is 11.3 Å². The van der Waals surface area contributed by atoms with Crippen LogP contribution in [0.3, 0.4) is 0 Å². The topological polar surface area (TPSA) is 51.2 Å². The van der Waals surface area contributed by atoms with E-state index in [1.807, 2.05) is 0 Å². The van der Waals surface area contributed by atoms with Gasteiger partial charge in [-0.15, -0.1) is 0 Å². The molecule has 0 bridgehead atoms. The van der Waals surface area contributed by atoms with Gasteiger partial charge in [-0.3, -0.25) is 9.78 Å². The largest absolute Gasteiger partial charge is 0.488 e. The van der Waals surface area contributed by atoms with Gasteiger partial charge in [0.1, 0.15) is 17.7 Å². The highest BCUT2D eigenvalue weighted by Crippen LogP contribution is 2.37. The summed E-state index contributed by atoms with van der Waals surface area (Å²) in [4.78, 5) is 16.2. The number of rotatable bonds is 2. The Kier molecular flexibility index (Phi) is 3.93. The second kappa shape index (κ2) is 5.74. The van der Waals surface area contributed by atoms with Gasteiger partial charge in [0, 0.05) is 24.0 Å². The first-order chi connectivity index (χ1) is 10.5. The molecule has 2 aromatic rings. The van der Waals surface area contributed by atoms with Crippen LogP contribution in [0.1, 0.15) is 28.9 Å². The molecule has 1 aliphatic heterocycles. The fourth-order valence-corrected chi connectivity index (χ4v) is 2.96. The summed E-state index contributed by atoms with van der Waals surface area (Å²) in [6.07, 6.45) is 2.36. The van der Waals surface area contributed by atoms with E-state index in [2.05, 4.69) is 10.3 Å². The predicted molar refractivity (Wildman–Crippen MR) is 81.0 cm³/mol. The number of amides is 1. The van der Waals surface area contributed by atoms with Gasteiger partial charge in [-0.2, -0.15) is 0 Å². The van der Waals surface area contributed by atoms with Crippen molar-refractivity contribution in [3.05, 3.63) is 57.6 Å². The van der Waals surface area contributed by atoms with E-state index >= 15 is 0 Å². The standard InChI is InChI=1S/C15H11Cl2FN2O2/c1-7-14(9-3-2-8(18)4-12(9)22-7)20-15(21)13-10(16)5-19-6-11(13)17/h2-7,14H,1H3,(H,20,21)/t7-,14-/m0/s1. The van der Waals surface area contributed by atoms with Crippen LogP contribution in [0.5, 0.6) is 5.75 Å². The number of benzene rings is 1. The molecule has 3 rings (SSSR count). The fraction of sp³-hybridized carbons (Fsp3) is 0.200. The average molecular weight is 341 g/mol. The molecule has 0 spiro atoms. The maximum Gasteiger partial charge on any atom is 0.255 e. The normalized spacial score (nSPS) is 19.5. The van der Waals surface area contributed by atoms with Crippen LogP contribution in [0.15, 0.2) is 30.6 Å². The van der Waals surface area contributed by atoms with Gasteiger partial charge in [-0.25, -0.2) is 4.39 Å². The van der Waals surface area contributed by atoms with Crippen LogP contribution in [-0.4, -0.2) is 17.0 Å². The Morgan fingerprint density at radius 1 is 1.32 bits per heavy atom. The third kappa shape index (κ3) is 2.62. The molecule has 2 heterocycles. The van der Waals surface area contributed by atoms with E-state index in [4.69, 9.17) is 27.9 Å². The lowest BCUT2D eigenvalue weighted by atomic mass is 10.0. The van der Waals surface area contributed by atoms with E-state index in [0.717, 1.165) is 0 Å². The zero-order valence-corrected chi connectivity index (χ0v) is 13.0. The number of hydrogen-bond acceptors (Lipinski definition) is 3. The first-order valence-electron chi connectivity index (χ1n) is 6.53. The van der Waals surface area contributed by atoms with Crippen LogP contribution >= 0.6 is 23.2 Å². The molecule has 1 aromatic heterocycles. The third-order valence-electron chi connectivity index (χ3n) is 3.46. The summed E-state index contributed by atoms with van der Waals surface area (Å²) in [5, 5.41) is 3.14. The van der Waals surface area contributed by atoms with Crippen molar-refractivity contribution in [3.63, 3.8) is 0 Å². The van der Waals surface area contributed by atoms with Crippen LogP contribution in [0.25, 0.3) is 0 Å². The number of nitrogens with zero attached hydrogens (tertiary/aromatic N) is 1. The van der Waals surface area contributed by atoms with Crippen molar-refractivity contribution in [2.24, 2.45) is 0 Å². The van der Waals surface area contributed by atoms with Crippen molar-refractivity contribution in [1.29, 1.82) is 0 Å². The number of halogens is 3. The van der Waals surface area contributed by atoms with E-state index in [-0.39, 0.29) is 21.7 Å². The summed E-state index contributed by atoms with van der Waals surface area (Å²) in [6, 6.07) is 3.80. The molecule has 1 aliphatic rings. The number of fused-ring (bicyclic) bond motifs is 1. The second-order valence-corrected chi connectivity index (χ2v) is 5.75. The highest BCUT2D eigenvalue weighted by molar-refractivity contribution is 6.39. The Labute approximate surface area is 136 Å². The molecule has 22 heavy (non-hydrogen) atoms. The third-order valence-corrected chi connectivity index (χ3v) is 4.03. The molecular weight excluding hydrogens is 330 g/mol. The van der Waals surface area contributed by atoms with Crippen LogP contribution in [0.2, 0.25) is 10.0 Å². The minimum absolute atomic E-state index is 0.154. The molecule has 1 amide bonds. The molecule has 114 valence electrons. The highest BCUT2D eigenvalue weighted by atomic mass is 35.5. The van der Waals surface area contributed by atoms with Gasteiger partial charge in [0.25, 0.3) is 5.91 Å². The summed E-state index contributed by atoms with van der Waals surface area (Å²) in [5.41, 5.74) is 0.865. The van der Waals surface area contributed by atoms with Crippen LogP contribution in [0.4, 0.5) is 4.39 Å². The molecule has 0 radical (unpaired) electrons. The molecule has 1 N–H and O–H groups in total. The lowest BCUT2D eigenvalue weighted by Crippen LogP contribution is -2.34. The van der Waals surface area contributed by atoms with Crippen molar-refractivity contribution in [3.8, 4) is 5.75 Å². The van der Waals surface area contributed by atoms with E-state index in [1.54, 1.807) is 13.0 Å². The van der Waals surface area contributed by atoms with E-state index in [9.17, 15) is 9.18 Å². The van der Waals surface area contributed by atoms with Crippen LogP contribution < -0.4 is 10.1 Å². The summed E-state index contributed by atoms with van der Waals surface area (Å²) in [5.74, 6) is -0.405. The Bertz CT molecular complexity index is 734. The second-order valence-electron chi connectivity index (χ2n) is 4.93. The van der Waals surface area contributed by atoms with Gasteiger partial charge in [0.15, 0.2) is 0 Å². The van der Waals surface area contributed by atoms with Crippen molar-refractivity contribution in [2.45, 2.75) is 19.1 Å². The lowest BCUT2D eigenvalue weighted by molar-refractivity contribution is 0.0908. The molecule has 0 saturated carbocycles. The smallest absolute Gasteiger partial charge is 0.255 e. The molecule has 0 fully saturated rings. The number of carbonyl (C=O) groups excluding carboxylic acids is 1. The quantitative estimate of drug-likeness (QED) is 0.904. The lowest BCUT2D eigenvalue weighted by Gasteiger charge is -2.17. The number of ether oxygens (including phenoxy) is 1. The number of carbonyl (C=O) groups is 1. The molecule has 7 heteroatoms. The molecule has 1 aromatic carbocycles. The van der Waals surface area contributed by atoms with Gasteiger partial charge in [-0.1, -0.05) is 29.3 Å². The van der Waals surface area contributed by atoms with Gasteiger partial charge in [0.05, 0.1) is 21.7 Å². The minimum atomic E-state index is -0.435. The maximum absolute atomic E-state index is 13.2. The van der Waals surface area contributed by atoms with Crippen molar-refractivity contribution in [2.75, 3.05) is 0 Å². The predicted octanol–water partition coefficient (Wildman–Crippen LogP) is 3.78. The van der Waals surface area contributed by atoms with Gasteiger partial charge >= 0.3 is 0 Å². The first kappa shape index (κ1) is 15.1. The Balaban J connectivity index is 1.89. The van der Waals surface area contributed by atoms with Gasteiger partial charge in [-0.05, 0) is 13.0 Å². The molecule has 0 aliphatic carbocycles. The Hall–Kier alpha value is -1.85. The molecule has 0 unspecified atom stereocenters. The molecule has 4 nitrogen and oxygen atoms in total. The van der Waals surface area contributed by atoms with Gasteiger partial charge in [0.2, 0.25) is 0 Å². The first-order valence-corrected chi connectivity index (χ1v) is 7.29. The molecule has 2 atom stereocenters. The Morgan fingerprint density at radius 2 is 2.00 bits per heavy atom. The van der Waals surface area contributed by atoms with Gasteiger partial charge < -0.3 is 10.1 Å². The summed E-state index contributed by atoms with van der Waals surface area (Å²) in [6.45, 7) is 1.79. The summed E-state index contributed by atoms with van der Waals surface area (Å²) in [7, 11) is 0. The molecular formula is C15H11Cl2FN2O2. The fourth-order valence-electron chi connectivity index (χ4n) is 2.43.